The van der Waals surface area contributed by atoms with Gasteiger partial charge in [-0.25, -0.2) is 14.7 Å². The van der Waals surface area contributed by atoms with E-state index in [0.29, 0.717) is 19.0 Å². The van der Waals surface area contributed by atoms with Crippen LogP contribution in [0.5, 0.6) is 0 Å². The molecular formula is C22H35N3O3. The number of ether oxygens (including phenoxy) is 1. The third-order valence-corrected chi connectivity index (χ3v) is 5.93. The number of aromatic nitrogens is 2. The summed E-state index contributed by atoms with van der Waals surface area (Å²) in [4.78, 5) is 31.3. The predicted octanol–water partition coefficient (Wildman–Crippen LogP) is 4.60. The minimum absolute atomic E-state index is 0.131. The minimum atomic E-state index is -0.607. The van der Waals surface area contributed by atoms with E-state index in [4.69, 9.17) is 4.74 Å². The van der Waals surface area contributed by atoms with Gasteiger partial charge in [-0.2, -0.15) is 0 Å². The Kier molecular flexibility index (Phi) is 6.15. The quantitative estimate of drug-likeness (QED) is 0.758. The van der Waals surface area contributed by atoms with E-state index in [-0.39, 0.29) is 17.7 Å². The first-order chi connectivity index (χ1) is 13.1. The number of nitrogens with zero attached hydrogens (tertiary/aromatic N) is 3. The van der Waals surface area contributed by atoms with Crippen molar-refractivity contribution in [1.82, 2.24) is 14.5 Å². The summed E-state index contributed by atoms with van der Waals surface area (Å²) in [6.45, 7) is 10.3. The van der Waals surface area contributed by atoms with E-state index in [9.17, 15) is 9.59 Å². The van der Waals surface area contributed by atoms with Crippen molar-refractivity contribution in [3.8, 4) is 0 Å². The maximum atomic E-state index is 12.9. The Morgan fingerprint density at radius 1 is 1.18 bits per heavy atom. The summed E-state index contributed by atoms with van der Waals surface area (Å²) in [6.07, 6.45) is 9.78. The van der Waals surface area contributed by atoms with Crippen molar-refractivity contribution in [3.05, 3.63) is 18.2 Å². The van der Waals surface area contributed by atoms with Crippen LogP contribution in [0.4, 0.5) is 4.79 Å². The van der Waals surface area contributed by atoms with Crippen molar-refractivity contribution in [2.45, 2.75) is 84.8 Å². The van der Waals surface area contributed by atoms with E-state index < -0.39 is 11.7 Å². The van der Waals surface area contributed by atoms with Crippen molar-refractivity contribution < 1.29 is 14.3 Å². The van der Waals surface area contributed by atoms with Crippen LogP contribution in [0.25, 0.3) is 0 Å². The van der Waals surface area contributed by atoms with Crippen molar-refractivity contribution in [2.75, 3.05) is 6.54 Å². The summed E-state index contributed by atoms with van der Waals surface area (Å²) in [6, 6.07) is 0.525. The van der Waals surface area contributed by atoms with Gasteiger partial charge in [0.1, 0.15) is 5.60 Å². The fourth-order valence-corrected chi connectivity index (χ4v) is 4.41. The molecule has 0 radical (unpaired) electrons. The van der Waals surface area contributed by atoms with Crippen molar-refractivity contribution in [2.24, 2.45) is 17.8 Å². The Morgan fingerprint density at radius 3 is 2.50 bits per heavy atom. The fourth-order valence-electron chi connectivity index (χ4n) is 4.41. The summed E-state index contributed by atoms with van der Waals surface area (Å²) in [5.74, 6) is 0.732. The molecule has 1 aliphatic carbocycles. The zero-order chi connectivity index (χ0) is 20.5. The van der Waals surface area contributed by atoms with Gasteiger partial charge in [0.15, 0.2) is 0 Å². The zero-order valence-corrected chi connectivity index (χ0v) is 18.0. The lowest BCUT2D eigenvalue weighted by Crippen LogP contribution is -2.50. The van der Waals surface area contributed by atoms with Gasteiger partial charge in [-0.1, -0.05) is 13.8 Å². The van der Waals surface area contributed by atoms with Crippen LogP contribution >= 0.6 is 0 Å². The Bertz CT molecular complexity index is 698. The molecule has 2 amide bonds. The number of hydrogen-bond acceptors (Lipinski definition) is 4. The molecule has 0 spiro atoms. The molecule has 2 aliphatic rings. The number of amides is 2. The molecule has 2 heterocycles. The lowest BCUT2D eigenvalue weighted by Gasteiger charge is -2.35. The number of carbonyl (C=O) groups excluding carboxylic acids is 2. The van der Waals surface area contributed by atoms with Gasteiger partial charge in [-0.05, 0) is 64.7 Å². The third kappa shape index (κ3) is 5.15. The molecule has 3 rings (SSSR count). The van der Waals surface area contributed by atoms with Crippen LogP contribution in [-0.2, 0) is 16.0 Å². The molecule has 0 bridgehead atoms. The van der Waals surface area contributed by atoms with Crippen LogP contribution in [0.1, 0.15) is 78.5 Å². The minimum Gasteiger partial charge on any atom is -0.443 e. The predicted molar refractivity (Wildman–Crippen MR) is 108 cm³/mol. The lowest BCUT2D eigenvalue weighted by molar-refractivity contribution is -0.138. The van der Waals surface area contributed by atoms with E-state index >= 15 is 0 Å². The number of likely N-dealkylation sites (tertiary alicyclic amines) is 1. The Balaban J connectivity index is 1.65. The van der Waals surface area contributed by atoms with Gasteiger partial charge in [0.2, 0.25) is 5.91 Å². The van der Waals surface area contributed by atoms with Crippen LogP contribution in [0, 0.1) is 17.8 Å². The molecule has 1 saturated carbocycles. The number of hydrogen-bond donors (Lipinski definition) is 0. The van der Waals surface area contributed by atoms with Gasteiger partial charge in [0.05, 0.1) is 12.0 Å². The molecule has 0 N–H and O–H groups in total. The molecule has 1 saturated heterocycles. The van der Waals surface area contributed by atoms with Gasteiger partial charge in [-0.15, -0.1) is 0 Å². The molecule has 6 heteroatoms. The van der Waals surface area contributed by atoms with E-state index in [0.717, 1.165) is 18.0 Å². The number of piperidine rings is 1. The smallest absolute Gasteiger partial charge is 0.417 e. The highest BCUT2D eigenvalue weighted by Crippen LogP contribution is 2.32. The standard InChI is InChI=1S/C22H35N3O3/c1-15-6-8-19(9-7-15)24-13-18(23-14-24)11-17-10-16(2)12-25(20(17)26)21(27)28-22(3,4)5/h13-17,19H,6-12H2,1-5H3/t15-,16-,17+,19-/m0/s1. The maximum Gasteiger partial charge on any atom is 0.417 e. The first kappa shape index (κ1) is 20.9. The van der Waals surface area contributed by atoms with Gasteiger partial charge in [-0.3, -0.25) is 4.79 Å². The summed E-state index contributed by atoms with van der Waals surface area (Å²) in [5, 5.41) is 0. The number of imidazole rings is 1. The maximum absolute atomic E-state index is 12.9. The zero-order valence-electron chi connectivity index (χ0n) is 18.0. The molecule has 1 aliphatic heterocycles. The molecule has 156 valence electrons. The largest absolute Gasteiger partial charge is 0.443 e. The number of imide groups is 1. The van der Waals surface area contributed by atoms with Crippen LogP contribution in [0.2, 0.25) is 0 Å². The van der Waals surface area contributed by atoms with E-state index in [1.807, 2.05) is 27.1 Å². The van der Waals surface area contributed by atoms with Crippen molar-refractivity contribution in [3.63, 3.8) is 0 Å². The first-order valence-corrected chi connectivity index (χ1v) is 10.7. The summed E-state index contributed by atoms with van der Waals surface area (Å²) in [5.41, 5.74) is 0.333. The Labute approximate surface area is 168 Å². The average Bonchev–Trinajstić information content (AvgIpc) is 3.05. The topological polar surface area (TPSA) is 64.4 Å². The highest BCUT2D eigenvalue weighted by Gasteiger charge is 2.38. The SMILES string of the molecule is C[C@H]1C[C@H](Cc2cn([C@H]3CC[C@H](C)CC3)cn2)C(=O)N(C(=O)OC(C)(C)C)C1. The molecule has 28 heavy (non-hydrogen) atoms. The molecule has 6 nitrogen and oxygen atoms in total. The molecule has 1 aromatic heterocycles. The van der Waals surface area contributed by atoms with E-state index in [1.165, 1.54) is 30.6 Å². The summed E-state index contributed by atoms with van der Waals surface area (Å²) < 4.78 is 7.66. The van der Waals surface area contributed by atoms with Gasteiger partial charge in [0, 0.05) is 31.1 Å². The van der Waals surface area contributed by atoms with Crippen LogP contribution in [-0.4, -0.2) is 38.6 Å². The van der Waals surface area contributed by atoms with Crippen LogP contribution < -0.4 is 0 Å². The second kappa shape index (κ2) is 8.26. The highest BCUT2D eigenvalue weighted by atomic mass is 16.6. The highest BCUT2D eigenvalue weighted by molar-refractivity contribution is 5.94. The molecular weight excluding hydrogens is 354 g/mol. The fraction of sp³-hybridized carbons (Fsp3) is 0.773. The molecule has 1 aromatic rings. The summed E-state index contributed by atoms with van der Waals surface area (Å²) >= 11 is 0. The molecule has 2 fully saturated rings. The third-order valence-electron chi connectivity index (χ3n) is 5.93. The number of carbonyl (C=O) groups is 2. The molecule has 0 unspecified atom stereocenters. The van der Waals surface area contributed by atoms with E-state index in [2.05, 4.69) is 29.6 Å². The first-order valence-electron chi connectivity index (χ1n) is 10.7. The summed E-state index contributed by atoms with van der Waals surface area (Å²) in [7, 11) is 0. The van der Waals surface area contributed by atoms with Crippen LogP contribution in [0.15, 0.2) is 12.5 Å². The Hall–Kier alpha value is -1.85. The second-order valence-corrected chi connectivity index (χ2v) is 9.90. The normalized spacial score (nSPS) is 29.0. The van der Waals surface area contributed by atoms with E-state index in [1.54, 1.807) is 0 Å². The van der Waals surface area contributed by atoms with Gasteiger partial charge < -0.3 is 9.30 Å². The monoisotopic (exact) mass is 389 g/mol. The molecule has 2 atom stereocenters. The van der Waals surface area contributed by atoms with Crippen molar-refractivity contribution >= 4 is 12.0 Å². The Morgan fingerprint density at radius 2 is 1.86 bits per heavy atom. The van der Waals surface area contributed by atoms with Gasteiger partial charge in [0.25, 0.3) is 0 Å². The lowest BCUT2D eigenvalue weighted by atomic mass is 9.86. The molecule has 0 aromatic carbocycles. The van der Waals surface area contributed by atoms with Crippen molar-refractivity contribution in [1.29, 1.82) is 0 Å². The van der Waals surface area contributed by atoms with Crippen LogP contribution in [0.3, 0.4) is 0 Å². The average molecular weight is 390 g/mol. The van der Waals surface area contributed by atoms with Gasteiger partial charge >= 0.3 is 6.09 Å². The number of rotatable bonds is 3. The second-order valence-electron chi connectivity index (χ2n) is 9.90.